The lowest BCUT2D eigenvalue weighted by molar-refractivity contribution is -0.252. The molecule has 0 saturated carbocycles. The summed E-state index contributed by atoms with van der Waals surface area (Å²) in [5.41, 5.74) is 6.09. The smallest absolute Gasteiger partial charge is 0.339 e. The first-order valence-corrected chi connectivity index (χ1v) is 5.52. The molecule has 0 aliphatic heterocycles. The van der Waals surface area contributed by atoms with E-state index in [0.717, 1.165) is 0 Å². The average molecular weight is 269 g/mol. The van der Waals surface area contributed by atoms with E-state index < -0.39 is 5.97 Å². The van der Waals surface area contributed by atoms with Crippen molar-refractivity contribution < 1.29 is 24.4 Å². The highest BCUT2D eigenvalue weighted by Gasteiger charge is 2.00. The zero-order valence-corrected chi connectivity index (χ0v) is 11.1. The lowest BCUT2D eigenvalue weighted by atomic mass is 10.2. The third-order valence-corrected chi connectivity index (χ3v) is 1.84. The van der Waals surface area contributed by atoms with Crippen molar-refractivity contribution in [2.24, 2.45) is 5.73 Å². The summed E-state index contributed by atoms with van der Waals surface area (Å²) >= 11 is 0. The summed E-state index contributed by atoms with van der Waals surface area (Å²) in [6.07, 6.45) is 1.66. The monoisotopic (exact) mass is 269 g/mol. The van der Waals surface area contributed by atoms with Gasteiger partial charge in [0.15, 0.2) is 0 Å². The molecule has 1 aromatic rings. The van der Waals surface area contributed by atoms with Crippen LogP contribution in [0, 0.1) is 0 Å². The van der Waals surface area contributed by atoms with Crippen LogP contribution in [0.4, 0.5) is 0 Å². The van der Waals surface area contributed by atoms with E-state index in [1.807, 2.05) is 0 Å². The maximum absolute atomic E-state index is 9.70. The van der Waals surface area contributed by atoms with Gasteiger partial charge in [0.2, 0.25) is 0 Å². The number of benzene rings is 1. The van der Waals surface area contributed by atoms with Crippen LogP contribution >= 0.6 is 0 Å². The fraction of sp³-hybridized carbons (Fsp3) is 0.308. The van der Waals surface area contributed by atoms with Crippen LogP contribution in [-0.4, -0.2) is 24.8 Å². The summed E-state index contributed by atoms with van der Waals surface area (Å²) in [7, 11) is 1.28. The molecule has 0 aliphatic rings. The minimum Gasteiger partial charge on any atom is -0.508 e. The number of carbonyl (C=O) groups excluding carboxylic acids is 1. The van der Waals surface area contributed by atoms with E-state index in [-0.39, 0.29) is 5.75 Å². The zero-order valence-electron chi connectivity index (χ0n) is 11.1. The van der Waals surface area contributed by atoms with E-state index in [2.05, 4.69) is 16.4 Å². The van der Waals surface area contributed by atoms with Gasteiger partial charge in [-0.25, -0.2) is 4.79 Å². The largest absolute Gasteiger partial charge is 0.508 e. The Morgan fingerprint density at radius 1 is 1.53 bits per heavy atom. The van der Waals surface area contributed by atoms with Crippen molar-refractivity contribution in [1.29, 1.82) is 0 Å². The maximum atomic E-state index is 9.70. The number of nitrogens with two attached hydrogens (primary N) is 1. The standard InChI is InChI=1S/C10H13NO2.C3H6O3/c1-2-5-13-9-3-4-10(12)8(6-9)7-11;1-3(4)6-5-2/h2-4,6,12H,1,5,7,11H2;1-2H3. The number of phenolic OH excluding ortho intramolecular Hbond substituents is 1. The molecular formula is C13H19NO5. The maximum Gasteiger partial charge on any atom is 0.339 e. The van der Waals surface area contributed by atoms with Gasteiger partial charge in [0.1, 0.15) is 18.1 Å². The van der Waals surface area contributed by atoms with Crippen molar-refractivity contribution in [1.82, 2.24) is 0 Å². The van der Waals surface area contributed by atoms with Crippen molar-refractivity contribution >= 4 is 5.97 Å². The highest BCUT2D eigenvalue weighted by molar-refractivity contribution is 5.65. The van der Waals surface area contributed by atoms with Gasteiger partial charge in [0.25, 0.3) is 0 Å². The van der Waals surface area contributed by atoms with Gasteiger partial charge in [-0.15, -0.1) is 0 Å². The van der Waals surface area contributed by atoms with Gasteiger partial charge in [-0.3, -0.25) is 4.89 Å². The second kappa shape index (κ2) is 9.93. The molecule has 106 valence electrons. The highest BCUT2D eigenvalue weighted by atomic mass is 17.2. The minimum atomic E-state index is -0.433. The Hall–Kier alpha value is -2.05. The van der Waals surface area contributed by atoms with Gasteiger partial charge in [-0.1, -0.05) is 12.7 Å². The topological polar surface area (TPSA) is 91.0 Å². The molecule has 1 aromatic carbocycles. The number of ether oxygens (including phenoxy) is 1. The van der Waals surface area contributed by atoms with E-state index in [0.29, 0.717) is 24.5 Å². The van der Waals surface area contributed by atoms with Crippen LogP contribution in [0.2, 0.25) is 0 Å². The molecule has 3 N–H and O–H groups in total. The van der Waals surface area contributed by atoms with Crippen molar-refractivity contribution in [3.8, 4) is 11.5 Å². The number of rotatable bonds is 5. The quantitative estimate of drug-likeness (QED) is 0.478. The fourth-order valence-corrected chi connectivity index (χ4v) is 1.09. The molecule has 0 atom stereocenters. The Balaban J connectivity index is 0.000000459. The third-order valence-electron chi connectivity index (χ3n) is 1.84. The molecule has 0 unspecified atom stereocenters. The second-order valence-corrected chi connectivity index (χ2v) is 3.34. The van der Waals surface area contributed by atoms with Gasteiger partial charge >= 0.3 is 5.97 Å². The summed E-state index contributed by atoms with van der Waals surface area (Å²) in [6.45, 7) is 5.56. The van der Waals surface area contributed by atoms with Crippen molar-refractivity contribution in [3.63, 3.8) is 0 Å². The van der Waals surface area contributed by atoms with E-state index in [4.69, 9.17) is 10.5 Å². The van der Waals surface area contributed by atoms with E-state index >= 15 is 0 Å². The van der Waals surface area contributed by atoms with Crippen molar-refractivity contribution in [2.45, 2.75) is 13.5 Å². The average Bonchev–Trinajstić information content (AvgIpc) is 2.38. The predicted octanol–water partition coefficient (Wildman–Crippen LogP) is 1.53. The molecule has 0 fully saturated rings. The summed E-state index contributed by atoms with van der Waals surface area (Å²) in [5, 5.41) is 9.30. The van der Waals surface area contributed by atoms with Gasteiger partial charge < -0.3 is 15.6 Å². The van der Waals surface area contributed by atoms with E-state index in [1.165, 1.54) is 14.0 Å². The summed E-state index contributed by atoms with van der Waals surface area (Å²) < 4.78 is 5.27. The summed E-state index contributed by atoms with van der Waals surface area (Å²) in [6, 6.07) is 4.98. The Bertz CT molecular complexity index is 406. The first-order chi connectivity index (χ1) is 9.04. The minimum absolute atomic E-state index is 0.202. The van der Waals surface area contributed by atoms with Crippen LogP contribution in [0.15, 0.2) is 30.9 Å². The predicted molar refractivity (Wildman–Crippen MR) is 70.5 cm³/mol. The third kappa shape index (κ3) is 7.80. The highest BCUT2D eigenvalue weighted by Crippen LogP contribution is 2.22. The van der Waals surface area contributed by atoms with Crippen LogP contribution in [-0.2, 0) is 21.1 Å². The molecule has 0 radical (unpaired) electrons. The second-order valence-electron chi connectivity index (χ2n) is 3.34. The Morgan fingerprint density at radius 2 is 2.21 bits per heavy atom. The molecule has 6 nitrogen and oxygen atoms in total. The Morgan fingerprint density at radius 3 is 2.63 bits per heavy atom. The number of hydrogen-bond acceptors (Lipinski definition) is 6. The molecular weight excluding hydrogens is 250 g/mol. The normalized spacial score (nSPS) is 9.00. The van der Waals surface area contributed by atoms with Crippen LogP contribution in [0.3, 0.4) is 0 Å². The van der Waals surface area contributed by atoms with Gasteiger partial charge in [0, 0.05) is 19.0 Å². The molecule has 1 rings (SSSR count). The van der Waals surface area contributed by atoms with Gasteiger partial charge in [-0.2, -0.15) is 4.89 Å². The first-order valence-electron chi connectivity index (χ1n) is 5.52. The van der Waals surface area contributed by atoms with Crippen molar-refractivity contribution in [2.75, 3.05) is 13.7 Å². The van der Waals surface area contributed by atoms with E-state index in [9.17, 15) is 9.90 Å². The molecule has 19 heavy (non-hydrogen) atoms. The fourth-order valence-electron chi connectivity index (χ4n) is 1.09. The molecule has 0 aromatic heterocycles. The van der Waals surface area contributed by atoms with Crippen molar-refractivity contribution in [3.05, 3.63) is 36.4 Å². The number of phenols is 1. The van der Waals surface area contributed by atoms with E-state index in [1.54, 1.807) is 24.3 Å². The zero-order chi connectivity index (χ0) is 14.7. The number of aromatic hydroxyl groups is 1. The molecule has 0 saturated heterocycles. The van der Waals surface area contributed by atoms with Crippen LogP contribution in [0.1, 0.15) is 12.5 Å². The summed E-state index contributed by atoms with van der Waals surface area (Å²) in [5.74, 6) is 0.462. The number of carbonyl (C=O) groups is 1. The summed E-state index contributed by atoms with van der Waals surface area (Å²) in [4.78, 5) is 17.6. The molecule has 0 aliphatic carbocycles. The molecule has 0 amide bonds. The lowest BCUT2D eigenvalue weighted by Gasteiger charge is -2.06. The SMILES string of the molecule is C=CCOc1ccc(O)c(CN)c1.COOC(C)=O. The van der Waals surface area contributed by atoms with Crippen LogP contribution < -0.4 is 10.5 Å². The van der Waals surface area contributed by atoms with Crippen LogP contribution in [0.5, 0.6) is 11.5 Å². The molecule has 0 heterocycles. The van der Waals surface area contributed by atoms with Gasteiger partial charge in [0.05, 0.1) is 7.11 Å². The molecule has 0 bridgehead atoms. The molecule has 0 spiro atoms. The molecule has 6 heteroatoms. The number of hydrogen-bond donors (Lipinski definition) is 2. The first kappa shape index (κ1) is 16.9. The van der Waals surface area contributed by atoms with Gasteiger partial charge in [-0.05, 0) is 18.2 Å². The Kier molecular flexibility index (Phi) is 8.86. The van der Waals surface area contributed by atoms with Crippen LogP contribution in [0.25, 0.3) is 0 Å². The Labute approximate surface area is 112 Å². The lowest BCUT2D eigenvalue weighted by Crippen LogP contribution is -1.98.